The number of aliphatic hydroxyl groups is 1. The lowest BCUT2D eigenvalue weighted by molar-refractivity contribution is 0.0417. The number of amides is 2. The van der Waals surface area contributed by atoms with Gasteiger partial charge in [-0.3, -0.25) is 14.3 Å². The zero-order valence-corrected chi connectivity index (χ0v) is 18.7. The summed E-state index contributed by atoms with van der Waals surface area (Å²) >= 11 is 0. The summed E-state index contributed by atoms with van der Waals surface area (Å²) in [6.45, 7) is 6.53. The maximum atomic E-state index is 13.4. The van der Waals surface area contributed by atoms with Crippen molar-refractivity contribution in [2.24, 2.45) is 13.0 Å². The highest BCUT2D eigenvalue weighted by Crippen LogP contribution is 2.35. The van der Waals surface area contributed by atoms with E-state index >= 15 is 0 Å². The van der Waals surface area contributed by atoms with E-state index in [1.807, 2.05) is 27.8 Å². The van der Waals surface area contributed by atoms with Gasteiger partial charge in [0, 0.05) is 26.1 Å². The molecule has 3 atom stereocenters. The van der Waals surface area contributed by atoms with Gasteiger partial charge in [-0.15, -0.1) is 0 Å². The summed E-state index contributed by atoms with van der Waals surface area (Å²) in [6.07, 6.45) is -0.234. The van der Waals surface area contributed by atoms with Gasteiger partial charge in [0.15, 0.2) is 5.75 Å². The summed E-state index contributed by atoms with van der Waals surface area (Å²) in [5.41, 5.74) is 1.91. The first-order chi connectivity index (χ1) is 14.8. The molecular weight excluding hydrogens is 398 g/mol. The highest BCUT2D eigenvalue weighted by Gasteiger charge is 2.34. The lowest BCUT2D eigenvalue weighted by Gasteiger charge is -2.37. The van der Waals surface area contributed by atoms with Crippen LogP contribution in [-0.2, 0) is 7.05 Å². The number of carbonyl (C=O) groups is 2. The molecule has 3 N–H and O–H groups in total. The van der Waals surface area contributed by atoms with Crippen LogP contribution in [0.15, 0.2) is 24.3 Å². The molecule has 0 fully saturated rings. The third-order valence-electron chi connectivity index (χ3n) is 5.58. The Balaban J connectivity index is 2.04. The number of aliphatic hydroxyl groups excluding tert-OH is 1. The Morgan fingerprint density at radius 3 is 2.77 bits per heavy atom. The average molecular weight is 430 g/mol. The molecule has 9 nitrogen and oxygen atoms in total. The number of para-hydroxylation sites is 1. The summed E-state index contributed by atoms with van der Waals surface area (Å²) in [5, 5.41) is 19.9. The van der Waals surface area contributed by atoms with Gasteiger partial charge >= 0.3 is 0 Å². The Morgan fingerprint density at radius 1 is 1.42 bits per heavy atom. The molecule has 9 heteroatoms. The van der Waals surface area contributed by atoms with Crippen molar-refractivity contribution < 1.29 is 19.4 Å². The molecule has 0 bridgehead atoms. The lowest BCUT2D eigenvalue weighted by Crippen LogP contribution is -2.49. The molecule has 1 aromatic carbocycles. The maximum absolute atomic E-state index is 13.4. The van der Waals surface area contributed by atoms with Crippen LogP contribution in [0.1, 0.15) is 40.4 Å². The van der Waals surface area contributed by atoms with Crippen LogP contribution >= 0.6 is 0 Å². The van der Waals surface area contributed by atoms with Gasteiger partial charge in [-0.2, -0.15) is 5.10 Å². The van der Waals surface area contributed by atoms with Crippen molar-refractivity contribution in [3.8, 4) is 5.75 Å². The van der Waals surface area contributed by atoms with Crippen molar-refractivity contribution in [2.75, 3.05) is 32.1 Å². The van der Waals surface area contributed by atoms with Crippen LogP contribution in [0.25, 0.3) is 0 Å². The van der Waals surface area contributed by atoms with E-state index in [1.54, 1.807) is 36.2 Å². The molecule has 2 amide bonds. The normalized spacial score (nSPS) is 19.8. The number of carbonyl (C=O) groups excluding carboxylic acids is 2. The van der Waals surface area contributed by atoms with Gasteiger partial charge in [-0.05, 0) is 39.1 Å². The second-order valence-electron chi connectivity index (χ2n) is 8.11. The zero-order chi connectivity index (χ0) is 22.7. The molecule has 168 valence electrons. The Labute approximate surface area is 182 Å². The lowest BCUT2D eigenvalue weighted by atomic mass is 9.99. The minimum Gasteiger partial charge on any atom is -0.486 e. The van der Waals surface area contributed by atoms with Crippen LogP contribution in [0.2, 0.25) is 0 Å². The average Bonchev–Trinajstić information content (AvgIpc) is 3.08. The number of ether oxygens (including phenoxy) is 1. The van der Waals surface area contributed by atoms with E-state index in [1.165, 1.54) is 4.68 Å². The highest BCUT2D eigenvalue weighted by molar-refractivity contribution is 6.06. The number of aryl methyl sites for hydroxylation is 2. The number of hydrogen-bond acceptors (Lipinski definition) is 6. The van der Waals surface area contributed by atoms with Crippen molar-refractivity contribution in [3.05, 3.63) is 41.2 Å². The first-order valence-electron chi connectivity index (χ1n) is 10.4. The van der Waals surface area contributed by atoms with Gasteiger partial charge in [0.1, 0.15) is 11.8 Å². The Kier molecular flexibility index (Phi) is 6.97. The second-order valence-corrected chi connectivity index (χ2v) is 8.11. The van der Waals surface area contributed by atoms with Gasteiger partial charge in [0.25, 0.3) is 11.8 Å². The van der Waals surface area contributed by atoms with E-state index in [2.05, 4.69) is 15.7 Å². The molecule has 0 saturated heterocycles. The molecule has 2 aromatic rings. The molecule has 31 heavy (non-hydrogen) atoms. The minimum absolute atomic E-state index is 0.00188. The number of anilines is 1. The van der Waals surface area contributed by atoms with E-state index in [0.717, 1.165) is 5.69 Å². The van der Waals surface area contributed by atoms with Crippen LogP contribution in [0.5, 0.6) is 5.75 Å². The maximum Gasteiger partial charge on any atom is 0.274 e. The number of rotatable bonds is 6. The van der Waals surface area contributed by atoms with Crippen LogP contribution in [0.3, 0.4) is 0 Å². The minimum atomic E-state index is -0.341. The Morgan fingerprint density at radius 2 is 2.16 bits per heavy atom. The molecule has 3 rings (SSSR count). The van der Waals surface area contributed by atoms with Crippen LogP contribution < -0.4 is 15.4 Å². The Bertz CT molecular complexity index is 957. The largest absolute Gasteiger partial charge is 0.486 e. The quantitative estimate of drug-likeness (QED) is 0.641. The number of likely N-dealkylation sites (N-methyl/N-ethyl adjacent to an activating group) is 1. The van der Waals surface area contributed by atoms with E-state index in [-0.39, 0.29) is 36.5 Å². The third kappa shape index (κ3) is 4.72. The first kappa shape index (κ1) is 22.8. The van der Waals surface area contributed by atoms with Crippen molar-refractivity contribution in [1.29, 1.82) is 0 Å². The first-order valence-corrected chi connectivity index (χ1v) is 10.4. The molecule has 0 unspecified atom stereocenters. The molecule has 0 aliphatic carbocycles. The number of nitrogens with one attached hydrogen (secondary N) is 2. The molecule has 2 heterocycles. The molecular formula is C22H31N5O4. The fourth-order valence-electron chi connectivity index (χ4n) is 3.80. The summed E-state index contributed by atoms with van der Waals surface area (Å²) in [7, 11) is 3.55. The monoisotopic (exact) mass is 429 g/mol. The van der Waals surface area contributed by atoms with Crippen molar-refractivity contribution in [2.45, 2.75) is 32.9 Å². The molecule has 1 aliphatic heterocycles. The van der Waals surface area contributed by atoms with Gasteiger partial charge < -0.3 is 25.4 Å². The van der Waals surface area contributed by atoms with Crippen LogP contribution in [-0.4, -0.2) is 70.5 Å². The van der Waals surface area contributed by atoms with Gasteiger partial charge in [-0.1, -0.05) is 13.0 Å². The number of fused-ring (bicyclic) bond motifs is 1. The van der Waals surface area contributed by atoms with Crippen molar-refractivity contribution >= 4 is 17.5 Å². The van der Waals surface area contributed by atoms with E-state index in [0.29, 0.717) is 35.8 Å². The summed E-state index contributed by atoms with van der Waals surface area (Å²) in [6, 6.07) is 6.47. The summed E-state index contributed by atoms with van der Waals surface area (Å²) in [4.78, 5) is 27.9. The number of aromatic nitrogens is 2. The fraction of sp³-hybridized carbons (Fsp3) is 0.500. The molecule has 0 saturated carbocycles. The van der Waals surface area contributed by atoms with Gasteiger partial charge in [0.05, 0.1) is 29.6 Å². The van der Waals surface area contributed by atoms with Crippen LogP contribution in [0, 0.1) is 12.8 Å². The standard InChI is InChI=1S/C22H31N5O4/c1-13-11-27(15(3)12-28)22(30)16-7-6-8-17(20(16)31-19(13)10-23-4)24-21(29)18-9-14(2)25-26(18)5/h6-9,13,15,19,23,28H,10-12H2,1-5H3,(H,24,29)/t13-,15-,19-/m0/s1. The SMILES string of the molecule is CNC[C@@H]1Oc2c(NC(=O)c3cc(C)nn3C)cccc2C(=O)N([C@@H](C)CO)C[C@@H]1C. The third-order valence-corrected chi connectivity index (χ3v) is 5.58. The molecule has 1 aromatic heterocycles. The predicted molar refractivity (Wildman–Crippen MR) is 117 cm³/mol. The van der Waals surface area contributed by atoms with E-state index in [9.17, 15) is 14.7 Å². The van der Waals surface area contributed by atoms with Crippen molar-refractivity contribution in [3.63, 3.8) is 0 Å². The second kappa shape index (κ2) is 9.49. The predicted octanol–water partition coefficient (Wildman–Crippen LogP) is 1.42. The molecule has 1 aliphatic rings. The van der Waals surface area contributed by atoms with E-state index in [4.69, 9.17) is 4.74 Å². The summed E-state index contributed by atoms with van der Waals surface area (Å²) in [5.74, 6) is -0.240. The van der Waals surface area contributed by atoms with Gasteiger partial charge in [-0.25, -0.2) is 0 Å². The summed E-state index contributed by atoms with van der Waals surface area (Å²) < 4.78 is 7.83. The van der Waals surface area contributed by atoms with Crippen molar-refractivity contribution in [1.82, 2.24) is 20.0 Å². The van der Waals surface area contributed by atoms with Gasteiger partial charge in [0.2, 0.25) is 0 Å². The highest BCUT2D eigenvalue weighted by atomic mass is 16.5. The number of hydrogen-bond donors (Lipinski definition) is 3. The number of nitrogens with zero attached hydrogens (tertiary/aromatic N) is 3. The molecule has 0 spiro atoms. The van der Waals surface area contributed by atoms with Crippen LogP contribution in [0.4, 0.5) is 5.69 Å². The topological polar surface area (TPSA) is 109 Å². The smallest absolute Gasteiger partial charge is 0.274 e. The zero-order valence-electron chi connectivity index (χ0n) is 18.7. The van der Waals surface area contributed by atoms with E-state index < -0.39 is 0 Å². The molecule has 0 radical (unpaired) electrons. The number of benzene rings is 1. The fourth-order valence-corrected chi connectivity index (χ4v) is 3.80. The Hall–Kier alpha value is -2.91.